The Morgan fingerprint density at radius 3 is 3.00 bits per heavy atom. The van der Waals surface area contributed by atoms with E-state index < -0.39 is 0 Å². The Kier molecular flexibility index (Phi) is 4.27. The highest BCUT2D eigenvalue weighted by Crippen LogP contribution is 2.28. The molecule has 0 spiro atoms. The molecule has 0 aliphatic heterocycles. The Bertz CT molecular complexity index is 485. The lowest BCUT2D eigenvalue weighted by Crippen LogP contribution is -2.03. The quantitative estimate of drug-likeness (QED) is 0.840. The fourth-order valence-corrected chi connectivity index (χ4v) is 2.85. The third-order valence-electron chi connectivity index (χ3n) is 1.86. The Balaban J connectivity index is 2.05. The van der Waals surface area contributed by atoms with Crippen LogP contribution in [0.3, 0.4) is 0 Å². The molecule has 0 bridgehead atoms. The Morgan fingerprint density at radius 1 is 1.41 bits per heavy atom. The molecule has 0 saturated carbocycles. The maximum Gasteiger partial charge on any atom is 0.223 e. The van der Waals surface area contributed by atoms with Crippen molar-refractivity contribution in [3.63, 3.8) is 0 Å². The summed E-state index contributed by atoms with van der Waals surface area (Å²) in [5.74, 6) is 0.665. The maximum atomic E-state index is 4.39. The largest absolute Gasteiger partial charge is 0.354 e. The van der Waals surface area contributed by atoms with Crippen LogP contribution in [0.25, 0.3) is 0 Å². The van der Waals surface area contributed by atoms with E-state index in [2.05, 4.69) is 32.4 Å². The molecule has 0 amide bonds. The van der Waals surface area contributed by atoms with E-state index in [1.54, 1.807) is 17.5 Å². The van der Waals surface area contributed by atoms with Crippen molar-refractivity contribution in [2.45, 2.75) is 29.6 Å². The zero-order chi connectivity index (χ0) is 12.1. The molecule has 90 valence electrons. The first-order chi connectivity index (χ1) is 8.28. The summed E-state index contributed by atoms with van der Waals surface area (Å²) < 4.78 is 0.905. The molecular weight excluding hydrogens is 254 g/mol. The van der Waals surface area contributed by atoms with Gasteiger partial charge in [0.1, 0.15) is 10.0 Å². The standard InChI is InChI=1S/C10H13N5S2/c1-3-5-11-9-12-6-4-8(13-9)17-10-15-14-7(2)16-10/h4,6H,3,5H2,1-2H3,(H,11,12,13). The van der Waals surface area contributed by atoms with Crippen LogP contribution < -0.4 is 5.32 Å². The van der Waals surface area contributed by atoms with E-state index in [4.69, 9.17) is 0 Å². The minimum atomic E-state index is 0.665. The van der Waals surface area contributed by atoms with Crippen LogP contribution in [-0.4, -0.2) is 26.7 Å². The molecule has 1 N–H and O–H groups in total. The SMILES string of the molecule is CCCNc1nccc(Sc2nnc(C)s2)n1. The van der Waals surface area contributed by atoms with Crippen molar-refractivity contribution in [3.8, 4) is 0 Å². The number of anilines is 1. The van der Waals surface area contributed by atoms with Crippen LogP contribution in [0, 0.1) is 6.92 Å². The number of aromatic nitrogens is 4. The minimum absolute atomic E-state index is 0.665. The zero-order valence-electron chi connectivity index (χ0n) is 9.67. The van der Waals surface area contributed by atoms with Crippen molar-refractivity contribution in [3.05, 3.63) is 17.3 Å². The van der Waals surface area contributed by atoms with E-state index in [0.717, 1.165) is 27.3 Å². The molecule has 2 aromatic rings. The van der Waals surface area contributed by atoms with Crippen LogP contribution in [-0.2, 0) is 0 Å². The van der Waals surface area contributed by atoms with E-state index in [0.29, 0.717) is 5.95 Å². The topological polar surface area (TPSA) is 63.6 Å². The molecule has 0 aromatic carbocycles. The van der Waals surface area contributed by atoms with E-state index in [-0.39, 0.29) is 0 Å². The molecule has 0 fully saturated rings. The van der Waals surface area contributed by atoms with E-state index in [1.165, 1.54) is 11.8 Å². The van der Waals surface area contributed by atoms with E-state index in [9.17, 15) is 0 Å². The average molecular weight is 267 g/mol. The molecular formula is C10H13N5S2. The summed E-state index contributed by atoms with van der Waals surface area (Å²) in [4.78, 5) is 8.55. The van der Waals surface area contributed by atoms with Gasteiger partial charge in [0.2, 0.25) is 5.95 Å². The summed E-state index contributed by atoms with van der Waals surface area (Å²) >= 11 is 3.08. The highest BCUT2D eigenvalue weighted by molar-refractivity contribution is 8.01. The molecule has 0 unspecified atom stereocenters. The van der Waals surface area contributed by atoms with Gasteiger partial charge in [-0.05, 0) is 31.2 Å². The molecule has 7 heteroatoms. The van der Waals surface area contributed by atoms with E-state index in [1.807, 2.05) is 13.0 Å². The minimum Gasteiger partial charge on any atom is -0.354 e. The van der Waals surface area contributed by atoms with Crippen LogP contribution in [0.15, 0.2) is 21.6 Å². The highest BCUT2D eigenvalue weighted by atomic mass is 32.2. The van der Waals surface area contributed by atoms with Gasteiger partial charge in [-0.15, -0.1) is 10.2 Å². The van der Waals surface area contributed by atoms with Gasteiger partial charge in [-0.1, -0.05) is 18.3 Å². The zero-order valence-corrected chi connectivity index (χ0v) is 11.3. The van der Waals surface area contributed by atoms with Crippen LogP contribution >= 0.6 is 23.1 Å². The Labute approximate surface area is 108 Å². The fraction of sp³-hybridized carbons (Fsp3) is 0.400. The predicted octanol–water partition coefficient (Wildman–Crippen LogP) is 2.61. The van der Waals surface area contributed by atoms with Gasteiger partial charge in [-0.25, -0.2) is 9.97 Å². The third-order valence-corrected chi connectivity index (χ3v) is 3.69. The predicted molar refractivity (Wildman–Crippen MR) is 69.6 cm³/mol. The normalized spacial score (nSPS) is 10.5. The second kappa shape index (κ2) is 5.92. The fourth-order valence-electron chi connectivity index (χ4n) is 1.13. The molecule has 2 aromatic heterocycles. The second-order valence-corrected chi connectivity index (χ2v) is 5.78. The van der Waals surface area contributed by atoms with Crippen molar-refractivity contribution < 1.29 is 0 Å². The van der Waals surface area contributed by atoms with Crippen molar-refractivity contribution in [1.82, 2.24) is 20.2 Å². The van der Waals surface area contributed by atoms with Gasteiger partial charge >= 0.3 is 0 Å². The molecule has 0 radical (unpaired) electrons. The number of aryl methyl sites for hydroxylation is 1. The smallest absolute Gasteiger partial charge is 0.223 e. The third kappa shape index (κ3) is 3.64. The highest BCUT2D eigenvalue weighted by Gasteiger charge is 2.05. The Morgan fingerprint density at radius 2 is 2.29 bits per heavy atom. The van der Waals surface area contributed by atoms with Gasteiger partial charge in [0.05, 0.1) is 0 Å². The Hall–Kier alpha value is -1.21. The summed E-state index contributed by atoms with van der Waals surface area (Å²) in [7, 11) is 0. The van der Waals surface area contributed by atoms with Crippen LogP contribution in [0.4, 0.5) is 5.95 Å². The lowest BCUT2D eigenvalue weighted by molar-refractivity contribution is 0.933. The van der Waals surface area contributed by atoms with Crippen LogP contribution in [0.5, 0.6) is 0 Å². The summed E-state index contributed by atoms with van der Waals surface area (Å²) in [5, 5.41) is 13.0. The number of hydrogen-bond donors (Lipinski definition) is 1. The lowest BCUT2D eigenvalue weighted by atomic mass is 10.5. The lowest BCUT2D eigenvalue weighted by Gasteiger charge is -2.03. The molecule has 0 aliphatic carbocycles. The van der Waals surface area contributed by atoms with Crippen molar-refractivity contribution >= 4 is 29.0 Å². The summed E-state index contributed by atoms with van der Waals surface area (Å²) in [5.41, 5.74) is 0. The second-order valence-electron chi connectivity index (χ2n) is 3.33. The first kappa shape index (κ1) is 12.3. The summed E-state index contributed by atoms with van der Waals surface area (Å²) in [6, 6.07) is 1.87. The first-order valence-electron chi connectivity index (χ1n) is 5.33. The van der Waals surface area contributed by atoms with Gasteiger partial charge < -0.3 is 5.32 Å². The van der Waals surface area contributed by atoms with Gasteiger partial charge in [0.25, 0.3) is 0 Å². The van der Waals surface area contributed by atoms with Crippen molar-refractivity contribution in [2.75, 3.05) is 11.9 Å². The molecule has 0 atom stereocenters. The number of hydrogen-bond acceptors (Lipinski definition) is 7. The monoisotopic (exact) mass is 267 g/mol. The van der Waals surface area contributed by atoms with Gasteiger partial charge in [-0.2, -0.15) is 0 Å². The van der Waals surface area contributed by atoms with Gasteiger partial charge in [0, 0.05) is 12.7 Å². The number of nitrogens with zero attached hydrogens (tertiary/aromatic N) is 4. The van der Waals surface area contributed by atoms with Gasteiger partial charge in [-0.3, -0.25) is 0 Å². The van der Waals surface area contributed by atoms with Crippen molar-refractivity contribution in [2.24, 2.45) is 0 Å². The van der Waals surface area contributed by atoms with E-state index >= 15 is 0 Å². The van der Waals surface area contributed by atoms with Crippen molar-refractivity contribution in [1.29, 1.82) is 0 Å². The van der Waals surface area contributed by atoms with Gasteiger partial charge in [0.15, 0.2) is 4.34 Å². The van der Waals surface area contributed by atoms with Crippen LogP contribution in [0.2, 0.25) is 0 Å². The number of rotatable bonds is 5. The number of nitrogens with one attached hydrogen (secondary N) is 1. The average Bonchev–Trinajstić information content (AvgIpc) is 2.73. The van der Waals surface area contributed by atoms with Crippen LogP contribution in [0.1, 0.15) is 18.4 Å². The molecule has 2 rings (SSSR count). The molecule has 0 saturated heterocycles. The molecule has 2 heterocycles. The first-order valence-corrected chi connectivity index (χ1v) is 6.96. The molecule has 0 aliphatic rings. The maximum absolute atomic E-state index is 4.39. The summed E-state index contributed by atoms with van der Waals surface area (Å²) in [6.45, 7) is 4.93. The molecule has 5 nitrogen and oxygen atoms in total. The summed E-state index contributed by atoms with van der Waals surface area (Å²) in [6.07, 6.45) is 2.80. The molecule has 17 heavy (non-hydrogen) atoms.